The maximum atomic E-state index is 14.6. The predicted molar refractivity (Wildman–Crippen MR) is 188 cm³/mol. The molecule has 20 heteroatoms. The van der Waals surface area contributed by atoms with Crippen LogP contribution in [0.15, 0.2) is 18.5 Å². The molecule has 0 unspecified atom stereocenters. The van der Waals surface area contributed by atoms with Crippen molar-refractivity contribution in [1.82, 2.24) is 14.9 Å². The van der Waals surface area contributed by atoms with Crippen molar-refractivity contribution in [3.05, 3.63) is 29.8 Å². The van der Waals surface area contributed by atoms with Crippen molar-refractivity contribution in [2.24, 2.45) is 0 Å². The fourth-order valence-electron chi connectivity index (χ4n) is 5.89. The third kappa shape index (κ3) is 5.39. The lowest BCUT2D eigenvalue weighted by molar-refractivity contribution is -0.273. The van der Waals surface area contributed by atoms with Gasteiger partial charge in [-0.3, -0.25) is 4.79 Å². The zero-order chi connectivity index (χ0) is 30.8. The molecule has 0 bridgehead atoms. The molecule has 2 aromatic carbocycles. The molecular weight excluding hydrogens is 518 g/mol. The van der Waals surface area contributed by atoms with Gasteiger partial charge in [0.05, 0.1) is 11.0 Å². The van der Waals surface area contributed by atoms with E-state index in [-0.39, 0.29) is 11.7 Å². The Morgan fingerprint density at radius 3 is 1.80 bits per heavy atom. The van der Waals surface area contributed by atoms with Crippen molar-refractivity contribution in [2.45, 2.75) is 17.1 Å². The molecule has 0 saturated heterocycles. The number of halogens is 3. The number of ether oxygens (including phenoxy) is 2. The minimum absolute atomic E-state index is 0.185. The van der Waals surface area contributed by atoms with E-state index in [9.17, 15) is 18.0 Å². The summed E-state index contributed by atoms with van der Waals surface area (Å²) in [6.07, 6.45) is -1.50. The highest BCUT2D eigenvalue weighted by molar-refractivity contribution is 6.64. The highest BCUT2D eigenvalue weighted by atomic mass is 19.4. The van der Waals surface area contributed by atoms with Crippen LogP contribution in [0.25, 0.3) is 11.1 Å². The second-order valence-electron chi connectivity index (χ2n) is 12.1. The van der Waals surface area contributed by atoms with Gasteiger partial charge in [0.25, 0.3) is 5.91 Å². The van der Waals surface area contributed by atoms with Crippen LogP contribution in [0.2, 0.25) is 0 Å². The molecular formula is C21H27B11F3N3O3. The van der Waals surface area contributed by atoms with Crippen LogP contribution in [0.1, 0.15) is 16.2 Å². The highest BCUT2D eigenvalue weighted by Gasteiger charge is 2.44. The number of nitrogens with zero attached hydrogens (tertiary/aromatic N) is 3. The van der Waals surface area contributed by atoms with Crippen molar-refractivity contribution >= 4 is 130 Å². The Hall–Kier alpha value is -2.91. The van der Waals surface area contributed by atoms with Gasteiger partial charge in [-0.05, 0) is 17.2 Å². The van der Waals surface area contributed by atoms with Gasteiger partial charge in [-0.2, -0.15) is 0 Å². The fraction of sp³-hybridized carbons (Fsp3) is 0.190. The van der Waals surface area contributed by atoms with Crippen molar-refractivity contribution in [3.63, 3.8) is 0 Å². The summed E-state index contributed by atoms with van der Waals surface area (Å²) >= 11 is 0. The summed E-state index contributed by atoms with van der Waals surface area (Å²) in [7, 11) is 20.4. The maximum Gasteiger partial charge on any atom is 0.573 e. The standard InChI is InChI=1S/C21H27B11F3N3O3/c22-8-5(6-10(24)13(27)16(14(28)11(6)25)41-21(33,34)35)9(23)12(26)15-7(8)17(39)38(4-19(29,30)40-15)20(31,32)18-36-2-1-3-37-18/h1-3H,4,22-32H2. The molecule has 6 nitrogen and oxygen atoms in total. The van der Waals surface area contributed by atoms with E-state index in [1.165, 1.54) is 0 Å². The lowest BCUT2D eigenvalue weighted by Crippen LogP contribution is -2.58. The lowest BCUT2D eigenvalue weighted by Gasteiger charge is -2.40. The topological polar surface area (TPSA) is 64.6 Å². The molecule has 0 spiro atoms. The molecule has 2 heterocycles. The number of amides is 1. The predicted octanol–water partition coefficient (Wildman–Crippen LogP) is -12.3. The van der Waals surface area contributed by atoms with Crippen LogP contribution in [0.3, 0.4) is 0 Å². The average molecular weight is 545 g/mol. The second kappa shape index (κ2) is 10.4. The van der Waals surface area contributed by atoms with Crippen molar-refractivity contribution in [1.29, 1.82) is 0 Å². The van der Waals surface area contributed by atoms with Gasteiger partial charge in [0.1, 0.15) is 104 Å². The number of rotatable bonds is 4. The fourth-order valence-corrected chi connectivity index (χ4v) is 5.89. The summed E-state index contributed by atoms with van der Waals surface area (Å²) in [6, 6.07) is 1.73. The summed E-state index contributed by atoms with van der Waals surface area (Å²) in [6.45, 7) is 0.290. The number of fused-ring (bicyclic) bond motifs is 1. The number of carbonyl (C=O) groups is 1. The first kappa shape index (κ1) is 31.0. The second-order valence-corrected chi connectivity index (χ2v) is 12.1. The summed E-state index contributed by atoms with van der Waals surface area (Å²) < 4.78 is 50.9. The molecule has 0 atom stereocenters. The van der Waals surface area contributed by atoms with Crippen LogP contribution in [-0.4, -0.2) is 125 Å². The number of alkyl halides is 3. The number of carbonyl (C=O) groups excluding carboxylic acids is 1. The van der Waals surface area contributed by atoms with Crippen LogP contribution in [0, 0.1) is 0 Å². The van der Waals surface area contributed by atoms with Gasteiger partial charge < -0.3 is 14.4 Å². The normalized spacial score (nSPS) is 15.1. The third-order valence-electron chi connectivity index (χ3n) is 8.44. The molecule has 1 aliphatic rings. The van der Waals surface area contributed by atoms with Gasteiger partial charge in [0.2, 0.25) is 0 Å². The van der Waals surface area contributed by atoms with E-state index in [2.05, 4.69) is 14.7 Å². The molecule has 1 aliphatic heterocycles. The largest absolute Gasteiger partial charge is 0.573 e. The Kier molecular flexibility index (Phi) is 7.89. The first-order valence-electron chi connectivity index (χ1n) is 13.6. The van der Waals surface area contributed by atoms with E-state index in [0.29, 0.717) is 51.0 Å². The van der Waals surface area contributed by atoms with Crippen LogP contribution >= 0.6 is 0 Å². The van der Waals surface area contributed by atoms with E-state index in [0.717, 1.165) is 22.1 Å². The zero-order valence-electron chi connectivity index (χ0n) is 25.6. The molecule has 1 aromatic heterocycles. The Labute approximate surface area is 248 Å². The van der Waals surface area contributed by atoms with Crippen LogP contribution in [0.5, 0.6) is 11.5 Å². The van der Waals surface area contributed by atoms with Crippen LogP contribution in [-0.2, 0) is 5.34 Å². The van der Waals surface area contributed by atoms with E-state index >= 15 is 0 Å². The Bertz CT molecular complexity index is 1540. The molecule has 0 fully saturated rings. The number of hydrogen-bond donors (Lipinski definition) is 0. The SMILES string of the molecule is Bc1c(B)c(-c2c(B)c(B)c3c(c2B)C(=O)N(C(B)(B)c2ncccn2)CC(B)(B)O3)c(B)c(B)c1OC(F)(F)F. The van der Waals surface area contributed by atoms with Crippen LogP contribution < -0.4 is 47.7 Å². The van der Waals surface area contributed by atoms with Gasteiger partial charge >= 0.3 is 6.36 Å². The number of hydrogen-bond acceptors (Lipinski definition) is 5. The Balaban J connectivity index is 2.03. The van der Waals surface area contributed by atoms with Gasteiger partial charge in [-0.1, -0.05) is 38.2 Å². The lowest BCUT2D eigenvalue weighted by atomic mass is 9.57. The maximum absolute atomic E-state index is 14.6. The molecule has 1 amide bonds. The first-order valence-corrected chi connectivity index (χ1v) is 13.6. The van der Waals surface area contributed by atoms with Gasteiger partial charge in [0.15, 0.2) is 0 Å². The molecule has 4 rings (SSSR count). The Morgan fingerprint density at radius 2 is 1.29 bits per heavy atom. The van der Waals surface area contributed by atoms with E-state index in [4.69, 9.17) is 4.74 Å². The van der Waals surface area contributed by atoms with Crippen LogP contribution in [0.4, 0.5) is 13.2 Å². The van der Waals surface area contributed by atoms with Crippen molar-refractivity contribution < 1.29 is 27.4 Å². The van der Waals surface area contributed by atoms with Gasteiger partial charge in [0, 0.05) is 24.3 Å². The molecule has 198 valence electrons. The minimum atomic E-state index is -4.81. The third-order valence-corrected chi connectivity index (χ3v) is 8.44. The van der Waals surface area contributed by atoms with E-state index in [1.807, 2.05) is 54.9 Å². The minimum Gasteiger partial charge on any atom is -0.503 e. The van der Waals surface area contributed by atoms with Gasteiger partial charge in [-0.15, -0.1) is 13.2 Å². The number of benzene rings is 2. The molecule has 0 radical (unpaired) electrons. The van der Waals surface area contributed by atoms with Crippen molar-refractivity contribution in [3.8, 4) is 22.6 Å². The van der Waals surface area contributed by atoms with Gasteiger partial charge in [-0.25, -0.2) is 9.97 Å². The highest BCUT2D eigenvalue weighted by Crippen LogP contribution is 2.31. The molecule has 41 heavy (non-hydrogen) atoms. The van der Waals surface area contributed by atoms with E-state index in [1.54, 1.807) is 54.7 Å². The summed E-state index contributed by atoms with van der Waals surface area (Å²) in [5.41, 5.74) is 6.58. The molecule has 0 N–H and O–H groups in total. The zero-order valence-corrected chi connectivity index (χ0v) is 25.6. The van der Waals surface area contributed by atoms with E-state index < -0.39 is 17.1 Å². The quantitative estimate of drug-likeness (QED) is 0.305. The first-order chi connectivity index (χ1) is 18.8. The smallest absolute Gasteiger partial charge is 0.503 e. The molecule has 0 saturated carbocycles. The molecule has 3 aromatic rings. The molecule has 0 aliphatic carbocycles. The summed E-state index contributed by atoms with van der Waals surface area (Å²) in [4.78, 5) is 25.2. The average Bonchev–Trinajstić information content (AvgIpc) is 2.99. The summed E-state index contributed by atoms with van der Waals surface area (Å²) in [5.74, 6) is 0.625. The number of aromatic nitrogens is 2. The monoisotopic (exact) mass is 547 g/mol. The Morgan fingerprint density at radius 1 is 0.805 bits per heavy atom. The van der Waals surface area contributed by atoms with Crippen molar-refractivity contribution in [2.75, 3.05) is 6.54 Å². The summed E-state index contributed by atoms with van der Waals surface area (Å²) in [5, 5.41) is -1.59.